The third-order valence-electron chi connectivity index (χ3n) is 5.48. The first-order valence-electron chi connectivity index (χ1n) is 10.7. The number of rotatable bonds is 8. The van der Waals surface area contributed by atoms with Crippen LogP contribution in [0.1, 0.15) is 29.5 Å². The molecule has 0 amide bonds. The first-order valence-corrected chi connectivity index (χ1v) is 10.7. The van der Waals surface area contributed by atoms with E-state index in [0.29, 0.717) is 0 Å². The molecule has 0 aliphatic heterocycles. The molecule has 0 bridgehead atoms. The highest BCUT2D eigenvalue weighted by Crippen LogP contribution is 2.33. The van der Waals surface area contributed by atoms with Crippen LogP contribution in [0, 0.1) is 13.8 Å². The summed E-state index contributed by atoms with van der Waals surface area (Å²) in [5.41, 5.74) is 4.60. The normalized spacial score (nSPS) is 12.2. The van der Waals surface area contributed by atoms with Gasteiger partial charge in [0.25, 0.3) is 0 Å². The lowest BCUT2D eigenvalue weighted by Crippen LogP contribution is -2.17. The van der Waals surface area contributed by atoms with E-state index < -0.39 is 0 Å². The molecular weight excluding hydrogens is 402 g/mol. The second-order valence-corrected chi connectivity index (χ2v) is 7.98. The minimum Gasteiger partial charge on any atom is -0.483 e. The Hall–Kier alpha value is -3.52. The summed E-state index contributed by atoms with van der Waals surface area (Å²) in [5, 5.41) is 17.9. The van der Waals surface area contributed by atoms with Gasteiger partial charge >= 0.3 is 0 Å². The summed E-state index contributed by atoms with van der Waals surface area (Å²) in [6.07, 6.45) is 4.32. The number of nitrogens with one attached hydrogen (secondary N) is 1. The second kappa shape index (κ2) is 9.32. The molecule has 3 heterocycles. The predicted molar refractivity (Wildman–Crippen MR) is 127 cm³/mol. The van der Waals surface area contributed by atoms with Crippen LogP contribution in [-0.2, 0) is 0 Å². The van der Waals surface area contributed by atoms with Gasteiger partial charge < -0.3 is 15.0 Å². The largest absolute Gasteiger partial charge is 0.483 e. The van der Waals surface area contributed by atoms with E-state index >= 15 is 0 Å². The van der Waals surface area contributed by atoms with Gasteiger partial charge in [0.2, 0.25) is 0 Å². The standard InChI is InChI=1S/C24H29N7O/c1-16-22-17(2)31(29-23(22)24(28-27-16)30(4)5)19-10-6-7-11-21(19)32-20(12-14-25-3)18-9-8-13-26-15-18/h6-11,13,15,20,25H,12,14H2,1-5H3. The zero-order valence-corrected chi connectivity index (χ0v) is 19.2. The number of fused-ring (bicyclic) bond motifs is 1. The number of anilines is 1. The zero-order chi connectivity index (χ0) is 22.7. The Kier molecular flexibility index (Phi) is 6.32. The van der Waals surface area contributed by atoms with E-state index in [0.717, 1.165) is 58.1 Å². The van der Waals surface area contributed by atoms with E-state index in [2.05, 4.69) is 27.4 Å². The minimum atomic E-state index is -0.134. The summed E-state index contributed by atoms with van der Waals surface area (Å²) in [5.74, 6) is 1.51. The summed E-state index contributed by atoms with van der Waals surface area (Å²) in [4.78, 5) is 6.21. The van der Waals surface area contributed by atoms with Gasteiger partial charge in [0, 0.05) is 38.5 Å². The molecule has 8 nitrogen and oxygen atoms in total. The van der Waals surface area contributed by atoms with Crippen molar-refractivity contribution in [2.24, 2.45) is 0 Å². The highest BCUT2D eigenvalue weighted by molar-refractivity contribution is 5.92. The lowest BCUT2D eigenvalue weighted by molar-refractivity contribution is 0.194. The summed E-state index contributed by atoms with van der Waals surface area (Å²) in [7, 11) is 5.84. The number of hydrogen-bond donors (Lipinski definition) is 1. The van der Waals surface area contributed by atoms with Gasteiger partial charge in [-0.2, -0.15) is 10.2 Å². The lowest BCUT2D eigenvalue weighted by atomic mass is 10.1. The second-order valence-electron chi connectivity index (χ2n) is 7.98. The van der Waals surface area contributed by atoms with Gasteiger partial charge in [-0.1, -0.05) is 18.2 Å². The molecule has 4 aromatic rings. The van der Waals surface area contributed by atoms with Crippen molar-refractivity contribution in [3.05, 3.63) is 65.7 Å². The zero-order valence-electron chi connectivity index (χ0n) is 19.2. The fraction of sp³-hybridized carbons (Fsp3) is 0.333. The number of aromatic nitrogens is 5. The Balaban J connectivity index is 1.80. The van der Waals surface area contributed by atoms with Crippen molar-refractivity contribution < 1.29 is 4.74 Å². The first-order chi connectivity index (χ1) is 15.5. The van der Waals surface area contributed by atoms with Crippen molar-refractivity contribution in [2.75, 3.05) is 32.6 Å². The maximum atomic E-state index is 6.56. The molecule has 32 heavy (non-hydrogen) atoms. The number of ether oxygens (including phenoxy) is 1. The average molecular weight is 432 g/mol. The summed E-state index contributed by atoms with van der Waals surface area (Å²) < 4.78 is 8.50. The van der Waals surface area contributed by atoms with E-state index in [1.807, 2.05) is 80.2 Å². The smallest absolute Gasteiger partial charge is 0.179 e. The highest BCUT2D eigenvalue weighted by atomic mass is 16.5. The Morgan fingerprint density at radius 3 is 2.62 bits per heavy atom. The van der Waals surface area contributed by atoms with Crippen molar-refractivity contribution >= 4 is 16.7 Å². The van der Waals surface area contributed by atoms with E-state index in [1.165, 1.54) is 0 Å². The van der Waals surface area contributed by atoms with Crippen molar-refractivity contribution in [3.63, 3.8) is 0 Å². The van der Waals surface area contributed by atoms with Crippen LogP contribution in [0.3, 0.4) is 0 Å². The molecule has 0 saturated heterocycles. The van der Waals surface area contributed by atoms with Crippen LogP contribution in [0.5, 0.6) is 5.75 Å². The molecule has 1 unspecified atom stereocenters. The molecule has 0 spiro atoms. The number of hydrogen-bond acceptors (Lipinski definition) is 7. The van der Waals surface area contributed by atoms with Crippen molar-refractivity contribution in [3.8, 4) is 11.4 Å². The first kappa shape index (κ1) is 21.7. The summed E-state index contributed by atoms with van der Waals surface area (Å²) in [6, 6.07) is 12.0. The molecule has 4 rings (SSSR count). The predicted octanol–water partition coefficient (Wildman–Crippen LogP) is 3.62. The molecule has 3 aromatic heterocycles. The molecule has 0 fully saturated rings. The third-order valence-corrected chi connectivity index (χ3v) is 5.48. The van der Waals surface area contributed by atoms with Crippen molar-refractivity contribution in [2.45, 2.75) is 26.4 Å². The SMILES string of the molecule is CNCCC(Oc1ccccc1-n1nc2c(N(C)C)nnc(C)c2c1C)c1cccnc1. The van der Waals surface area contributed by atoms with Gasteiger partial charge in [0.1, 0.15) is 23.1 Å². The number of pyridine rings is 1. The molecule has 1 aromatic carbocycles. The lowest BCUT2D eigenvalue weighted by Gasteiger charge is -2.21. The Labute approximate surface area is 188 Å². The fourth-order valence-electron chi connectivity index (χ4n) is 3.87. The van der Waals surface area contributed by atoms with Crippen LogP contribution in [0.25, 0.3) is 16.6 Å². The maximum Gasteiger partial charge on any atom is 0.179 e. The van der Waals surface area contributed by atoms with Gasteiger partial charge in [0.05, 0.1) is 16.8 Å². The Morgan fingerprint density at radius 1 is 1.09 bits per heavy atom. The maximum absolute atomic E-state index is 6.56. The van der Waals surface area contributed by atoms with E-state index in [-0.39, 0.29) is 6.10 Å². The quantitative estimate of drug-likeness (QED) is 0.456. The van der Waals surface area contributed by atoms with E-state index in [1.54, 1.807) is 6.20 Å². The molecular formula is C24H29N7O. The van der Waals surface area contributed by atoms with Crippen molar-refractivity contribution in [1.29, 1.82) is 0 Å². The third kappa shape index (κ3) is 4.13. The molecule has 1 atom stereocenters. The van der Waals surface area contributed by atoms with E-state index in [4.69, 9.17) is 9.84 Å². The Morgan fingerprint density at radius 2 is 1.91 bits per heavy atom. The molecule has 0 aliphatic carbocycles. The number of nitrogens with zero attached hydrogens (tertiary/aromatic N) is 6. The number of para-hydroxylation sites is 2. The van der Waals surface area contributed by atoms with Crippen LogP contribution in [0.4, 0.5) is 5.82 Å². The molecule has 166 valence electrons. The highest BCUT2D eigenvalue weighted by Gasteiger charge is 2.21. The molecule has 1 N–H and O–H groups in total. The van der Waals surface area contributed by atoms with E-state index in [9.17, 15) is 0 Å². The number of benzene rings is 1. The van der Waals surface area contributed by atoms with Gasteiger partial charge in [-0.25, -0.2) is 4.68 Å². The Bertz CT molecular complexity index is 1200. The van der Waals surface area contributed by atoms with Crippen LogP contribution < -0.4 is 15.0 Å². The number of aryl methyl sites for hydroxylation is 2. The van der Waals surface area contributed by atoms with Crippen LogP contribution in [0.15, 0.2) is 48.8 Å². The monoisotopic (exact) mass is 431 g/mol. The molecule has 8 heteroatoms. The topological polar surface area (TPSA) is 81.0 Å². The summed E-state index contributed by atoms with van der Waals surface area (Å²) in [6.45, 7) is 4.85. The minimum absolute atomic E-state index is 0.134. The fourth-order valence-corrected chi connectivity index (χ4v) is 3.87. The van der Waals surface area contributed by atoms with Crippen LogP contribution in [0.2, 0.25) is 0 Å². The van der Waals surface area contributed by atoms with Crippen LogP contribution >= 0.6 is 0 Å². The average Bonchev–Trinajstić information content (AvgIpc) is 3.15. The summed E-state index contributed by atoms with van der Waals surface area (Å²) >= 11 is 0. The van der Waals surface area contributed by atoms with Gasteiger partial charge in [0.15, 0.2) is 5.82 Å². The van der Waals surface area contributed by atoms with Gasteiger partial charge in [-0.15, -0.1) is 5.10 Å². The van der Waals surface area contributed by atoms with Gasteiger partial charge in [-0.05, 0) is 45.6 Å². The van der Waals surface area contributed by atoms with Crippen molar-refractivity contribution in [1.82, 2.24) is 30.3 Å². The molecule has 0 radical (unpaired) electrons. The molecule has 0 aliphatic rings. The van der Waals surface area contributed by atoms with Gasteiger partial charge in [-0.3, -0.25) is 4.98 Å². The molecule has 0 saturated carbocycles. The van der Waals surface area contributed by atoms with Crippen LogP contribution in [-0.4, -0.2) is 52.6 Å².